The summed E-state index contributed by atoms with van der Waals surface area (Å²) in [4.78, 5) is 13.7. The summed E-state index contributed by atoms with van der Waals surface area (Å²) in [5.41, 5.74) is -0.635. The molecule has 92 valence electrons. The van der Waals surface area contributed by atoms with Crippen molar-refractivity contribution in [1.82, 2.24) is 10.2 Å². The van der Waals surface area contributed by atoms with Gasteiger partial charge in [-0.1, -0.05) is 13.8 Å². The van der Waals surface area contributed by atoms with Gasteiger partial charge < -0.3 is 15.3 Å². The van der Waals surface area contributed by atoms with Crippen molar-refractivity contribution in [3.63, 3.8) is 0 Å². The second-order valence-electron chi connectivity index (χ2n) is 5.57. The number of nitrogens with zero attached hydrogens (tertiary/aromatic N) is 1. The molecule has 2 aliphatic rings. The Hall–Kier alpha value is -0.610. The lowest BCUT2D eigenvalue weighted by Crippen LogP contribution is -2.66. The van der Waals surface area contributed by atoms with Crippen LogP contribution in [0.1, 0.15) is 26.7 Å². The maximum atomic E-state index is 11.9. The molecular formula is C12H22N2O2. The van der Waals surface area contributed by atoms with E-state index in [1.54, 1.807) is 4.90 Å². The summed E-state index contributed by atoms with van der Waals surface area (Å²) in [6.07, 6.45) is 1.75. The Morgan fingerprint density at radius 2 is 2.25 bits per heavy atom. The number of carbonyl (C=O) groups is 1. The molecule has 0 spiro atoms. The number of likely N-dealkylation sites (tertiary alicyclic amines) is 1. The van der Waals surface area contributed by atoms with E-state index in [-0.39, 0.29) is 11.8 Å². The zero-order valence-electron chi connectivity index (χ0n) is 10.2. The molecule has 1 amide bonds. The summed E-state index contributed by atoms with van der Waals surface area (Å²) in [5.74, 6) is 0.934. The van der Waals surface area contributed by atoms with Crippen LogP contribution in [0, 0.1) is 11.8 Å². The van der Waals surface area contributed by atoms with Crippen LogP contribution in [0.5, 0.6) is 0 Å². The van der Waals surface area contributed by atoms with E-state index >= 15 is 0 Å². The molecule has 2 aliphatic heterocycles. The molecule has 0 aromatic carbocycles. The second kappa shape index (κ2) is 4.34. The van der Waals surface area contributed by atoms with Crippen LogP contribution in [-0.4, -0.2) is 47.7 Å². The van der Waals surface area contributed by atoms with E-state index < -0.39 is 5.60 Å². The monoisotopic (exact) mass is 226 g/mol. The van der Waals surface area contributed by atoms with Gasteiger partial charge in [0.05, 0.1) is 13.1 Å². The number of nitrogens with one attached hydrogen (secondary N) is 1. The molecule has 1 unspecified atom stereocenters. The molecule has 0 aliphatic carbocycles. The van der Waals surface area contributed by atoms with E-state index in [1.807, 2.05) is 13.8 Å². The first kappa shape index (κ1) is 11.9. The number of β-amino-alcohol motifs (C(OH)–C–C–N with tert-alkyl or cyclic N) is 1. The fraction of sp³-hybridized carbons (Fsp3) is 0.917. The van der Waals surface area contributed by atoms with E-state index in [0.29, 0.717) is 25.4 Å². The first-order chi connectivity index (χ1) is 7.51. The van der Waals surface area contributed by atoms with Crippen molar-refractivity contribution in [1.29, 1.82) is 0 Å². The number of amides is 1. The molecule has 0 aromatic heterocycles. The lowest BCUT2D eigenvalue weighted by Gasteiger charge is -2.49. The van der Waals surface area contributed by atoms with Crippen molar-refractivity contribution in [2.24, 2.45) is 11.8 Å². The van der Waals surface area contributed by atoms with Gasteiger partial charge in [0, 0.05) is 6.42 Å². The quantitative estimate of drug-likeness (QED) is 0.723. The Bertz CT molecular complexity index is 266. The van der Waals surface area contributed by atoms with Crippen molar-refractivity contribution in [3.8, 4) is 0 Å². The molecule has 2 rings (SSSR count). The van der Waals surface area contributed by atoms with E-state index in [2.05, 4.69) is 5.32 Å². The summed E-state index contributed by atoms with van der Waals surface area (Å²) in [7, 11) is 0. The summed E-state index contributed by atoms with van der Waals surface area (Å²) >= 11 is 0. The van der Waals surface area contributed by atoms with Gasteiger partial charge in [-0.3, -0.25) is 4.79 Å². The number of aliphatic hydroxyl groups is 1. The SMILES string of the molecule is CC(C)C1(O)CN(C(=O)CC2CCNC2)C1. The average Bonchev–Trinajstić information content (AvgIpc) is 2.64. The normalized spacial score (nSPS) is 28.2. The molecule has 2 fully saturated rings. The highest BCUT2D eigenvalue weighted by Crippen LogP contribution is 2.29. The fourth-order valence-corrected chi connectivity index (χ4v) is 2.42. The van der Waals surface area contributed by atoms with Crippen LogP contribution in [0.15, 0.2) is 0 Å². The predicted molar refractivity (Wildman–Crippen MR) is 62.0 cm³/mol. The van der Waals surface area contributed by atoms with Gasteiger partial charge in [0.15, 0.2) is 0 Å². The molecule has 0 radical (unpaired) electrons. The summed E-state index contributed by atoms with van der Waals surface area (Å²) in [5, 5.41) is 13.3. The molecular weight excluding hydrogens is 204 g/mol. The van der Waals surface area contributed by atoms with Crippen molar-refractivity contribution >= 4 is 5.91 Å². The molecule has 4 heteroatoms. The van der Waals surface area contributed by atoms with E-state index in [0.717, 1.165) is 19.5 Å². The molecule has 4 nitrogen and oxygen atoms in total. The maximum Gasteiger partial charge on any atom is 0.223 e. The van der Waals surface area contributed by atoms with Crippen LogP contribution in [0.2, 0.25) is 0 Å². The van der Waals surface area contributed by atoms with E-state index in [4.69, 9.17) is 0 Å². The molecule has 1 atom stereocenters. The van der Waals surface area contributed by atoms with E-state index in [9.17, 15) is 9.90 Å². The highest BCUT2D eigenvalue weighted by Gasteiger charge is 2.45. The second-order valence-corrected chi connectivity index (χ2v) is 5.57. The first-order valence-corrected chi connectivity index (χ1v) is 6.22. The summed E-state index contributed by atoms with van der Waals surface area (Å²) in [6, 6.07) is 0. The minimum absolute atomic E-state index is 0.207. The van der Waals surface area contributed by atoms with Gasteiger partial charge in [0.1, 0.15) is 5.60 Å². The minimum Gasteiger partial charge on any atom is -0.386 e. The van der Waals surface area contributed by atoms with Gasteiger partial charge in [-0.05, 0) is 31.3 Å². The Kier molecular flexibility index (Phi) is 3.22. The van der Waals surface area contributed by atoms with Gasteiger partial charge >= 0.3 is 0 Å². The van der Waals surface area contributed by atoms with Crippen LogP contribution in [0.3, 0.4) is 0 Å². The van der Waals surface area contributed by atoms with Crippen molar-refractivity contribution in [2.75, 3.05) is 26.2 Å². The lowest BCUT2D eigenvalue weighted by molar-refractivity contribution is -0.164. The van der Waals surface area contributed by atoms with Crippen molar-refractivity contribution in [2.45, 2.75) is 32.3 Å². The zero-order valence-corrected chi connectivity index (χ0v) is 10.2. The van der Waals surface area contributed by atoms with Crippen molar-refractivity contribution < 1.29 is 9.90 Å². The Morgan fingerprint density at radius 1 is 1.56 bits per heavy atom. The molecule has 2 N–H and O–H groups in total. The molecule has 0 bridgehead atoms. The summed E-state index contributed by atoms with van der Waals surface area (Å²) < 4.78 is 0. The number of rotatable bonds is 3. The topological polar surface area (TPSA) is 52.6 Å². The summed E-state index contributed by atoms with van der Waals surface area (Å²) in [6.45, 7) is 7.04. The van der Waals surface area contributed by atoms with Crippen LogP contribution < -0.4 is 5.32 Å². The Morgan fingerprint density at radius 3 is 2.75 bits per heavy atom. The Balaban J connectivity index is 1.76. The molecule has 16 heavy (non-hydrogen) atoms. The average molecular weight is 226 g/mol. The zero-order chi connectivity index (χ0) is 11.8. The molecule has 0 saturated carbocycles. The molecule has 2 heterocycles. The molecule has 0 aromatic rings. The third-order valence-corrected chi connectivity index (χ3v) is 3.98. The lowest BCUT2D eigenvalue weighted by atomic mass is 9.82. The fourth-order valence-electron chi connectivity index (χ4n) is 2.42. The number of hydrogen-bond acceptors (Lipinski definition) is 3. The Labute approximate surface area is 97.0 Å². The first-order valence-electron chi connectivity index (χ1n) is 6.22. The van der Waals surface area contributed by atoms with Gasteiger partial charge in [-0.2, -0.15) is 0 Å². The van der Waals surface area contributed by atoms with Crippen LogP contribution in [0.25, 0.3) is 0 Å². The largest absolute Gasteiger partial charge is 0.386 e. The van der Waals surface area contributed by atoms with Gasteiger partial charge in [-0.15, -0.1) is 0 Å². The predicted octanol–water partition coefficient (Wildman–Crippen LogP) is 0.215. The smallest absolute Gasteiger partial charge is 0.223 e. The molecule has 2 saturated heterocycles. The van der Waals surface area contributed by atoms with E-state index in [1.165, 1.54) is 0 Å². The standard InChI is InChI=1S/C12H22N2O2/c1-9(2)12(16)7-14(8-12)11(15)5-10-3-4-13-6-10/h9-10,13,16H,3-8H2,1-2H3. The maximum absolute atomic E-state index is 11.9. The van der Waals surface area contributed by atoms with Crippen LogP contribution in [0.4, 0.5) is 0 Å². The van der Waals surface area contributed by atoms with Gasteiger partial charge in [0.25, 0.3) is 0 Å². The third kappa shape index (κ3) is 2.23. The van der Waals surface area contributed by atoms with Crippen LogP contribution >= 0.6 is 0 Å². The van der Waals surface area contributed by atoms with Gasteiger partial charge in [0.2, 0.25) is 5.91 Å². The minimum atomic E-state index is -0.635. The number of hydrogen-bond donors (Lipinski definition) is 2. The van der Waals surface area contributed by atoms with Gasteiger partial charge in [-0.25, -0.2) is 0 Å². The highest BCUT2D eigenvalue weighted by molar-refractivity contribution is 5.77. The number of carbonyl (C=O) groups excluding carboxylic acids is 1. The van der Waals surface area contributed by atoms with Crippen LogP contribution in [-0.2, 0) is 4.79 Å². The third-order valence-electron chi connectivity index (χ3n) is 3.98. The van der Waals surface area contributed by atoms with Crippen molar-refractivity contribution in [3.05, 3.63) is 0 Å². The highest BCUT2D eigenvalue weighted by atomic mass is 16.3.